The minimum atomic E-state index is -1.90. The number of benzene rings is 1. The summed E-state index contributed by atoms with van der Waals surface area (Å²) in [7, 11) is -5.62. The molecule has 0 spiro atoms. The van der Waals surface area contributed by atoms with Gasteiger partial charge in [-0.2, -0.15) is 0 Å². The van der Waals surface area contributed by atoms with Crippen molar-refractivity contribution in [2.75, 3.05) is 0 Å². The van der Waals surface area contributed by atoms with Crippen LogP contribution in [-0.2, 0) is 18.0 Å². The van der Waals surface area contributed by atoms with Crippen LogP contribution in [0.15, 0.2) is 30.3 Å². The largest absolute Gasteiger partial charge is 0.404 e. The molecule has 1 aromatic carbocycles. The van der Waals surface area contributed by atoms with Gasteiger partial charge in [-0.15, -0.1) is 0 Å². The van der Waals surface area contributed by atoms with Gasteiger partial charge in [0, 0.05) is 0 Å². The molecule has 7 heteroatoms. The lowest BCUT2D eigenvalue weighted by molar-refractivity contribution is -0.456. The van der Waals surface area contributed by atoms with E-state index in [2.05, 4.69) is 71.1 Å². The van der Waals surface area contributed by atoms with Crippen molar-refractivity contribution in [2.45, 2.75) is 77.1 Å². The maximum absolute atomic E-state index is 6.56. The molecule has 2 rings (SSSR count). The second-order valence-corrected chi connectivity index (χ2v) is 23.0. The summed E-state index contributed by atoms with van der Waals surface area (Å²) < 4.78 is 25.9. The molecule has 4 nitrogen and oxygen atoms in total. The Morgan fingerprint density at radius 2 is 1.24 bits per heavy atom. The van der Waals surface area contributed by atoms with Crippen molar-refractivity contribution in [3.63, 3.8) is 0 Å². The molecule has 0 radical (unpaired) electrons. The molecule has 0 aromatic heterocycles. The first-order valence-corrected chi connectivity index (χ1v) is 19.2. The number of rotatable bonds is 7. The van der Waals surface area contributed by atoms with Crippen LogP contribution < -0.4 is 0 Å². The summed E-state index contributed by atoms with van der Waals surface area (Å²) in [6, 6.07) is 10.2. The van der Waals surface area contributed by atoms with Crippen molar-refractivity contribution in [1.82, 2.24) is 0 Å². The van der Waals surface area contributed by atoms with E-state index in [9.17, 15) is 0 Å². The van der Waals surface area contributed by atoms with Crippen LogP contribution in [-0.4, -0.2) is 37.0 Å². The second kappa shape index (κ2) is 7.03. The fourth-order valence-electron chi connectivity index (χ4n) is 2.86. The summed E-state index contributed by atoms with van der Waals surface area (Å²) in [5.74, 6) is -1.07. The van der Waals surface area contributed by atoms with E-state index in [1.807, 2.05) is 18.2 Å². The molecule has 0 N–H and O–H groups in total. The van der Waals surface area contributed by atoms with Gasteiger partial charge >= 0.3 is 0 Å². The highest BCUT2D eigenvalue weighted by atomic mass is 28.4. The van der Waals surface area contributed by atoms with Gasteiger partial charge in [0.15, 0.2) is 31.1 Å². The fourth-order valence-corrected chi connectivity index (χ4v) is 6.09. The molecule has 25 heavy (non-hydrogen) atoms. The van der Waals surface area contributed by atoms with E-state index < -0.39 is 30.9 Å². The minimum Gasteiger partial charge on any atom is -0.404 e. The van der Waals surface area contributed by atoms with E-state index in [1.54, 1.807) is 0 Å². The third kappa shape index (κ3) is 5.85. The summed E-state index contributed by atoms with van der Waals surface area (Å²) in [5, 5.41) is 0. The lowest BCUT2D eigenvalue weighted by atomic mass is 9.97. The van der Waals surface area contributed by atoms with Crippen LogP contribution in [0.25, 0.3) is 0 Å². The number of hydrogen-bond donors (Lipinski definition) is 0. The predicted molar refractivity (Wildman–Crippen MR) is 110 cm³/mol. The first-order valence-electron chi connectivity index (χ1n) is 9.02. The smallest absolute Gasteiger partial charge is 0.294 e. The molecule has 1 heterocycles. The lowest BCUT2D eigenvalue weighted by Gasteiger charge is -2.57. The van der Waals surface area contributed by atoms with Crippen LogP contribution in [0.1, 0.15) is 11.7 Å². The molecule has 1 aliphatic rings. The Bertz CT molecular complexity index is 557. The zero-order chi connectivity index (χ0) is 19.1. The molecular weight excluding hydrogens is 364 g/mol. The van der Waals surface area contributed by atoms with Crippen LogP contribution in [0, 0.1) is 0 Å². The standard InChI is InChI=1S/C18H34O4Si3/c1-23(2,3)20-17-16(15-13-11-10-12-14-15)19-18(17,21-24(4,5)6)22-25(7,8)9/h10-14,16-17H,1-9H3/t16-,17+/m1/s1. The Balaban J connectivity index is 2.39. The molecule has 0 aliphatic carbocycles. The second-order valence-electron chi connectivity index (χ2n) is 9.63. The van der Waals surface area contributed by atoms with Gasteiger partial charge in [0.1, 0.15) is 6.10 Å². The summed E-state index contributed by atoms with van der Waals surface area (Å²) >= 11 is 0. The molecule has 1 saturated heterocycles. The predicted octanol–water partition coefficient (Wildman–Crippen LogP) is 5.33. The van der Waals surface area contributed by atoms with E-state index >= 15 is 0 Å². The van der Waals surface area contributed by atoms with Crippen molar-refractivity contribution >= 4 is 25.0 Å². The van der Waals surface area contributed by atoms with E-state index in [0.29, 0.717) is 0 Å². The van der Waals surface area contributed by atoms with Gasteiger partial charge in [0.25, 0.3) is 5.97 Å². The Morgan fingerprint density at radius 1 is 0.760 bits per heavy atom. The van der Waals surface area contributed by atoms with Crippen LogP contribution in [0.5, 0.6) is 0 Å². The average molecular weight is 399 g/mol. The highest BCUT2D eigenvalue weighted by Gasteiger charge is 2.63. The highest BCUT2D eigenvalue weighted by molar-refractivity contribution is 6.71. The molecule has 1 aliphatic heterocycles. The molecule has 2 atom stereocenters. The molecule has 0 amide bonds. The van der Waals surface area contributed by atoms with Crippen LogP contribution in [0.3, 0.4) is 0 Å². The van der Waals surface area contributed by atoms with E-state index in [0.717, 1.165) is 5.56 Å². The van der Waals surface area contributed by atoms with Crippen LogP contribution >= 0.6 is 0 Å². The molecule has 1 aromatic rings. The van der Waals surface area contributed by atoms with Gasteiger partial charge in [0.05, 0.1) is 0 Å². The monoisotopic (exact) mass is 398 g/mol. The van der Waals surface area contributed by atoms with E-state index in [1.165, 1.54) is 0 Å². The first-order chi connectivity index (χ1) is 11.2. The van der Waals surface area contributed by atoms with Crippen molar-refractivity contribution in [3.05, 3.63) is 35.9 Å². The maximum Gasteiger partial charge on any atom is 0.294 e. The molecule has 0 bridgehead atoms. The quantitative estimate of drug-likeness (QED) is 0.459. The fraction of sp³-hybridized carbons (Fsp3) is 0.667. The summed E-state index contributed by atoms with van der Waals surface area (Å²) in [4.78, 5) is 0. The molecular formula is C18H34O4Si3. The Labute approximate surface area is 156 Å². The maximum atomic E-state index is 6.56. The highest BCUT2D eigenvalue weighted by Crippen LogP contribution is 2.50. The molecule has 142 valence electrons. The van der Waals surface area contributed by atoms with Crippen molar-refractivity contribution in [3.8, 4) is 0 Å². The Kier molecular flexibility index (Phi) is 5.91. The molecule has 0 saturated carbocycles. The Morgan fingerprint density at radius 3 is 1.64 bits per heavy atom. The summed E-state index contributed by atoms with van der Waals surface area (Å²) in [5.41, 5.74) is 1.11. The molecule has 1 fully saturated rings. The average Bonchev–Trinajstić information content (AvgIpc) is 2.39. The topological polar surface area (TPSA) is 36.9 Å². The first kappa shape index (κ1) is 21.0. The van der Waals surface area contributed by atoms with Crippen molar-refractivity contribution in [1.29, 1.82) is 0 Å². The van der Waals surface area contributed by atoms with Gasteiger partial charge < -0.3 is 18.0 Å². The zero-order valence-electron chi connectivity index (χ0n) is 17.2. The lowest BCUT2D eigenvalue weighted by Crippen LogP contribution is -2.70. The third-order valence-corrected chi connectivity index (χ3v) is 6.18. The van der Waals surface area contributed by atoms with Crippen molar-refractivity contribution in [2.24, 2.45) is 0 Å². The van der Waals surface area contributed by atoms with Gasteiger partial charge in [0.2, 0.25) is 0 Å². The normalized spacial score (nSPS) is 24.0. The van der Waals surface area contributed by atoms with E-state index in [4.69, 9.17) is 18.0 Å². The van der Waals surface area contributed by atoms with Crippen molar-refractivity contribution < 1.29 is 18.0 Å². The number of ether oxygens (including phenoxy) is 1. The zero-order valence-corrected chi connectivity index (χ0v) is 20.2. The van der Waals surface area contributed by atoms with Gasteiger partial charge in [-0.3, -0.25) is 0 Å². The van der Waals surface area contributed by atoms with Gasteiger partial charge in [-0.05, 0) is 64.5 Å². The van der Waals surface area contributed by atoms with E-state index in [-0.39, 0.29) is 12.2 Å². The summed E-state index contributed by atoms with van der Waals surface area (Å²) in [6.07, 6.45) is -0.388. The SMILES string of the molecule is C[Si](C)(C)O[C@H]1[C@@H](c2ccccc2)OC1(O[Si](C)(C)C)O[Si](C)(C)C. The minimum absolute atomic E-state index is 0.152. The van der Waals surface area contributed by atoms with Gasteiger partial charge in [-0.1, -0.05) is 30.3 Å². The summed E-state index contributed by atoms with van der Waals surface area (Å²) in [6.45, 7) is 19.5. The van der Waals surface area contributed by atoms with Crippen LogP contribution in [0.2, 0.25) is 58.9 Å². The molecule has 0 unspecified atom stereocenters. The Hall–Kier alpha value is -0.289. The third-order valence-electron chi connectivity index (χ3n) is 3.42. The van der Waals surface area contributed by atoms with Gasteiger partial charge in [-0.25, -0.2) is 0 Å². The van der Waals surface area contributed by atoms with Crippen LogP contribution in [0.4, 0.5) is 0 Å². The number of hydrogen-bond acceptors (Lipinski definition) is 4.